The summed E-state index contributed by atoms with van der Waals surface area (Å²) >= 11 is 0. The fourth-order valence-electron chi connectivity index (χ4n) is 2.32. The van der Waals surface area contributed by atoms with Crippen molar-refractivity contribution >= 4 is 28.4 Å². The highest BCUT2D eigenvalue weighted by Crippen LogP contribution is 2.40. The summed E-state index contributed by atoms with van der Waals surface area (Å²) in [4.78, 5) is 40.6. The molecule has 0 aromatic heterocycles. The van der Waals surface area contributed by atoms with Crippen molar-refractivity contribution in [1.82, 2.24) is 0 Å². The Morgan fingerprint density at radius 3 is 1.56 bits per heavy atom. The number of anilines is 1. The number of nitrogens with one attached hydrogen (secondary N) is 1. The zero-order valence-corrected chi connectivity index (χ0v) is 13.6. The molecule has 13 nitrogen and oxygen atoms in total. The summed E-state index contributed by atoms with van der Waals surface area (Å²) in [6, 6.07) is 5.73. The Labute approximate surface area is 149 Å². The molecule has 0 aliphatic rings. The van der Waals surface area contributed by atoms with E-state index >= 15 is 0 Å². The van der Waals surface area contributed by atoms with Crippen molar-refractivity contribution in [2.24, 2.45) is 0 Å². The van der Waals surface area contributed by atoms with Crippen LogP contribution in [0.5, 0.6) is 0 Å². The van der Waals surface area contributed by atoms with Crippen molar-refractivity contribution in [3.05, 3.63) is 82.4 Å². The molecule has 0 radical (unpaired) electrons. The van der Waals surface area contributed by atoms with E-state index in [1.54, 1.807) is 0 Å². The van der Waals surface area contributed by atoms with Crippen molar-refractivity contribution in [3.8, 4) is 0 Å². The van der Waals surface area contributed by atoms with Crippen LogP contribution in [0.2, 0.25) is 0 Å². The monoisotopic (exact) mass is 377 g/mol. The lowest BCUT2D eigenvalue weighted by Gasteiger charge is -2.15. The summed E-state index contributed by atoms with van der Waals surface area (Å²) in [6.07, 6.45) is 0. The number of nitro groups is 4. The Hall–Kier alpha value is -4.16. The first-order chi connectivity index (χ1) is 12.6. The van der Waals surface area contributed by atoms with Gasteiger partial charge in [0.25, 0.3) is 11.4 Å². The van der Waals surface area contributed by atoms with Crippen molar-refractivity contribution in [2.45, 2.75) is 13.0 Å². The number of non-ortho nitro benzene ring substituents is 2. The molecule has 0 saturated carbocycles. The lowest BCUT2D eigenvalue weighted by atomic mass is 10.1. The highest BCUT2D eigenvalue weighted by molar-refractivity contribution is 5.77. The Balaban J connectivity index is 2.49. The van der Waals surface area contributed by atoms with Crippen LogP contribution in [0.15, 0.2) is 36.4 Å². The van der Waals surface area contributed by atoms with Gasteiger partial charge >= 0.3 is 11.4 Å². The standard InChI is InChI=1S/C14H11N5O8/c1-8(9-2-4-10(5-3-9)16(20)21)15-14-12(18(24)25)6-11(17(22)23)7-13(14)19(26)27/h2-8,15H,1H3/t8-/m0/s1. The molecule has 0 saturated heterocycles. The van der Waals surface area contributed by atoms with Crippen LogP contribution in [0, 0.1) is 40.5 Å². The highest BCUT2D eigenvalue weighted by atomic mass is 16.6. The third-order valence-electron chi connectivity index (χ3n) is 3.65. The van der Waals surface area contributed by atoms with Gasteiger partial charge in [0.15, 0.2) is 5.69 Å². The largest absolute Gasteiger partial charge is 0.367 e. The molecule has 0 fully saturated rings. The van der Waals surface area contributed by atoms with E-state index in [1.807, 2.05) is 0 Å². The smallest absolute Gasteiger partial charge is 0.306 e. The van der Waals surface area contributed by atoms with Gasteiger partial charge in [0, 0.05) is 18.2 Å². The number of nitro benzene ring substituents is 4. The second kappa shape index (κ2) is 7.38. The van der Waals surface area contributed by atoms with Crippen LogP contribution >= 0.6 is 0 Å². The van der Waals surface area contributed by atoms with Crippen LogP contribution < -0.4 is 5.32 Å². The van der Waals surface area contributed by atoms with Crippen LogP contribution in [0.4, 0.5) is 28.4 Å². The third-order valence-corrected chi connectivity index (χ3v) is 3.65. The number of hydrogen-bond acceptors (Lipinski definition) is 9. The molecule has 0 unspecified atom stereocenters. The molecule has 27 heavy (non-hydrogen) atoms. The van der Waals surface area contributed by atoms with E-state index in [2.05, 4.69) is 5.32 Å². The quantitative estimate of drug-likeness (QED) is 0.556. The zero-order valence-electron chi connectivity index (χ0n) is 13.6. The Morgan fingerprint density at radius 1 is 0.741 bits per heavy atom. The summed E-state index contributed by atoms with van der Waals surface area (Å²) in [5.74, 6) is 0. The summed E-state index contributed by atoms with van der Waals surface area (Å²) in [5, 5.41) is 46.7. The maximum absolute atomic E-state index is 11.3. The lowest BCUT2D eigenvalue weighted by Crippen LogP contribution is -2.11. The van der Waals surface area contributed by atoms with Crippen LogP contribution in [0.3, 0.4) is 0 Å². The van der Waals surface area contributed by atoms with Gasteiger partial charge in [-0.1, -0.05) is 12.1 Å². The topological polar surface area (TPSA) is 185 Å². The van der Waals surface area contributed by atoms with Gasteiger partial charge in [-0.05, 0) is 12.5 Å². The van der Waals surface area contributed by atoms with E-state index in [4.69, 9.17) is 0 Å². The first kappa shape index (κ1) is 19.2. The number of hydrogen-bond donors (Lipinski definition) is 1. The van der Waals surface area contributed by atoms with Gasteiger partial charge in [-0.2, -0.15) is 0 Å². The zero-order chi connectivity index (χ0) is 20.3. The molecule has 0 spiro atoms. The van der Waals surface area contributed by atoms with Gasteiger partial charge in [-0.15, -0.1) is 0 Å². The molecular weight excluding hydrogens is 366 g/mol. The van der Waals surface area contributed by atoms with Gasteiger partial charge in [0.1, 0.15) is 0 Å². The molecule has 1 atom stereocenters. The Kier molecular flexibility index (Phi) is 5.24. The molecule has 13 heteroatoms. The number of rotatable bonds is 7. The van der Waals surface area contributed by atoms with Crippen LogP contribution in [-0.4, -0.2) is 19.7 Å². The van der Waals surface area contributed by atoms with E-state index < -0.39 is 48.5 Å². The number of nitrogens with zero attached hydrogens (tertiary/aromatic N) is 4. The maximum atomic E-state index is 11.3. The first-order valence-electron chi connectivity index (χ1n) is 7.24. The summed E-state index contributed by atoms with van der Waals surface area (Å²) in [5.41, 5.74) is -2.65. The molecule has 0 bridgehead atoms. The molecule has 0 heterocycles. The van der Waals surface area contributed by atoms with E-state index in [0.717, 1.165) is 0 Å². The summed E-state index contributed by atoms with van der Waals surface area (Å²) < 4.78 is 0. The molecule has 1 N–H and O–H groups in total. The Bertz CT molecular complexity index is 908. The molecule has 0 amide bonds. The van der Waals surface area contributed by atoms with Crippen LogP contribution in [-0.2, 0) is 0 Å². The van der Waals surface area contributed by atoms with Gasteiger partial charge in [-0.25, -0.2) is 0 Å². The van der Waals surface area contributed by atoms with E-state index in [9.17, 15) is 40.5 Å². The van der Waals surface area contributed by atoms with Crippen molar-refractivity contribution in [3.63, 3.8) is 0 Å². The molecule has 140 valence electrons. The van der Waals surface area contributed by atoms with Crippen molar-refractivity contribution in [2.75, 3.05) is 5.32 Å². The molecule has 2 rings (SSSR count). The summed E-state index contributed by atoms with van der Waals surface area (Å²) in [7, 11) is 0. The van der Waals surface area contributed by atoms with Crippen LogP contribution in [0.1, 0.15) is 18.5 Å². The fraction of sp³-hybridized carbons (Fsp3) is 0.143. The average Bonchev–Trinajstić information content (AvgIpc) is 2.61. The SMILES string of the molecule is C[C@H](Nc1c([N+](=O)[O-])cc([N+](=O)[O-])cc1[N+](=O)[O-])c1ccc([N+](=O)[O-])cc1. The van der Waals surface area contributed by atoms with Crippen molar-refractivity contribution in [1.29, 1.82) is 0 Å². The maximum Gasteiger partial charge on any atom is 0.306 e. The molecule has 2 aromatic rings. The molecular formula is C14H11N5O8. The molecule has 0 aliphatic heterocycles. The first-order valence-corrected chi connectivity index (χ1v) is 7.24. The average molecular weight is 377 g/mol. The fourth-order valence-corrected chi connectivity index (χ4v) is 2.32. The van der Waals surface area contributed by atoms with E-state index in [0.29, 0.717) is 17.7 Å². The van der Waals surface area contributed by atoms with Crippen molar-refractivity contribution < 1.29 is 19.7 Å². The minimum atomic E-state index is -0.969. The number of benzene rings is 2. The third kappa shape index (κ3) is 4.09. The predicted octanol–water partition coefficient (Wildman–Crippen LogP) is 3.49. The van der Waals surface area contributed by atoms with Gasteiger partial charge in [0.2, 0.25) is 0 Å². The normalized spacial score (nSPS) is 11.4. The molecule has 2 aromatic carbocycles. The predicted molar refractivity (Wildman–Crippen MR) is 91.5 cm³/mol. The van der Waals surface area contributed by atoms with E-state index in [-0.39, 0.29) is 5.69 Å². The summed E-state index contributed by atoms with van der Waals surface area (Å²) in [6.45, 7) is 1.52. The lowest BCUT2D eigenvalue weighted by molar-refractivity contribution is -0.401. The second-order valence-corrected chi connectivity index (χ2v) is 5.35. The second-order valence-electron chi connectivity index (χ2n) is 5.35. The van der Waals surface area contributed by atoms with Crippen LogP contribution in [0.25, 0.3) is 0 Å². The minimum Gasteiger partial charge on any atom is -0.367 e. The highest BCUT2D eigenvalue weighted by Gasteiger charge is 2.31. The van der Waals surface area contributed by atoms with Gasteiger partial charge < -0.3 is 5.32 Å². The van der Waals surface area contributed by atoms with E-state index in [1.165, 1.54) is 31.2 Å². The van der Waals surface area contributed by atoms with Gasteiger partial charge in [0.05, 0.1) is 31.8 Å². The Morgan fingerprint density at radius 2 is 1.19 bits per heavy atom. The molecule has 0 aliphatic carbocycles. The minimum absolute atomic E-state index is 0.168. The van der Waals surface area contributed by atoms with Gasteiger partial charge in [-0.3, -0.25) is 40.5 Å².